The maximum atomic E-state index is 12.6. The Hall–Kier alpha value is -2.77. The lowest BCUT2D eigenvalue weighted by atomic mass is 10.0. The van der Waals surface area contributed by atoms with Crippen LogP contribution in [0.4, 0.5) is 9.59 Å². The number of benzene rings is 1. The highest BCUT2D eigenvalue weighted by Gasteiger charge is 2.38. The Balaban J connectivity index is 2.09. The zero-order valence-corrected chi connectivity index (χ0v) is 15.0. The molecule has 0 saturated carbocycles. The van der Waals surface area contributed by atoms with Gasteiger partial charge in [0.2, 0.25) is 0 Å². The summed E-state index contributed by atoms with van der Waals surface area (Å²) in [5.41, 5.74) is 0.822. The minimum Gasteiger partial charge on any atom is -0.467 e. The molecule has 1 heterocycles. The highest BCUT2D eigenvalue weighted by Crippen LogP contribution is 2.21. The van der Waals surface area contributed by atoms with Crippen LogP contribution in [0.25, 0.3) is 0 Å². The molecule has 1 aromatic rings. The first kappa shape index (κ1) is 19.6. The third-order valence-electron chi connectivity index (χ3n) is 4.47. The Labute approximate surface area is 152 Å². The van der Waals surface area contributed by atoms with Gasteiger partial charge in [0.25, 0.3) is 0 Å². The molecule has 2 atom stereocenters. The van der Waals surface area contributed by atoms with Crippen LogP contribution in [0.2, 0.25) is 0 Å². The van der Waals surface area contributed by atoms with Crippen molar-refractivity contribution in [3.8, 4) is 0 Å². The van der Waals surface area contributed by atoms with Gasteiger partial charge in [-0.05, 0) is 18.4 Å². The second-order valence-corrected chi connectivity index (χ2v) is 6.06. The minimum absolute atomic E-state index is 0.0705. The molecule has 0 aromatic heterocycles. The van der Waals surface area contributed by atoms with Crippen LogP contribution in [0.3, 0.4) is 0 Å². The summed E-state index contributed by atoms with van der Waals surface area (Å²) >= 11 is 0. The van der Waals surface area contributed by atoms with Crippen LogP contribution in [0.15, 0.2) is 30.3 Å². The predicted octanol–water partition coefficient (Wildman–Crippen LogP) is 2.33. The maximum absolute atomic E-state index is 12.6. The number of ether oxygens (including phenoxy) is 2. The normalized spacial score (nSPS) is 17.0. The molecule has 1 fully saturated rings. The fraction of sp³-hybridized carbons (Fsp3) is 0.500. The summed E-state index contributed by atoms with van der Waals surface area (Å²) in [6.07, 6.45) is -0.729. The highest BCUT2D eigenvalue weighted by atomic mass is 16.6. The van der Waals surface area contributed by atoms with E-state index in [1.54, 1.807) is 6.92 Å². The first-order valence-electron chi connectivity index (χ1n) is 8.52. The van der Waals surface area contributed by atoms with Gasteiger partial charge in [0, 0.05) is 13.1 Å². The van der Waals surface area contributed by atoms with E-state index in [9.17, 15) is 14.4 Å². The van der Waals surface area contributed by atoms with Gasteiger partial charge >= 0.3 is 18.2 Å². The number of nitrogens with zero attached hydrogens (tertiary/aromatic N) is 2. The Morgan fingerprint density at radius 2 is 2.00 bits per heavy atom. The standard InChI is InChI=1S/C18H24N2O6/c1-3-15(16(21)25-2)20(11-14-9-10-19(14)17(22)23)18(24)26-12-13-7-5-4-6-8-13/h4-8,14-15H,3,9-12H2,1-2H3,(H,22,23). The summed E-state index contributed by atoms with van der Waals surface area (Å²) < 4.78 is 10.1. The third-order valence-corrected chi connectivity index (χ3v) is 4.47. The molecule has 1 aromatic carbocycles. The van der Waals surface area contributed by atoms with Crippen molar-refractivity contribution in [2.45, 2.75) is 38.5 Å². The molecule has 1 aliphatic rings. The van der Waals surface area contributed by atoms with Crippen LogP contribution in [0.1, 0.15) is 25.3 Å². The highest BCUT2D eigenvalue weighted by molar-refractivity contribution is 5.81. The summed E-state index contributed by atoms with van der Waals surface area (Å²) in [5, 5.41) is 9.16. The van der Waals surface area contributed by atoms with E-state index in [1.165, 1.54) is 16.9 Å². The number of hydrogen-bond donors (Lipinski definition) is 1. The summed E-state index contributed by atoms with van der Waals surface area (Å²) in [6.45, 7) is 2.34. The van der Waals surface area contributed by atoms with E-state index >= 15 is 0 Å². The summed E-state index contributed by atoms with van der Waals surface area (Å²) in [5.74, 6) is -0.551. The number of methoxy groups -OCH3 is 1. The number of esters is 1. The van der Waals surface area contributed by atoms with Crippen LogP contribution in [0, 0.1) is 0 Å². The molecule has 2 amide bonds. The van der Waals surface area contributed by atoms with E-state index in [0.717, 1.165) is 5.56 Å². The van der Waals surface area contributed by atoms with Crippen LogP contribution in [-0.4, -0.2) is 65.3 Å². The lowest BCUT2D eigenvalue weighted by molar-refractivity contribution is -0.147. The quantitative estimate of drug-likeness (QED) is 0.746. The zero-order valence-electron chi connectivity index (χ0n) is 15.0. The Bertz CT molecular complexity index is 636. The van der Waals surface area contributed by atoms with Gasteiger partial charge in [-0.1, -0.05) is 37.3 Å². The number of rotatable bonds is 7. The van der Waals surface area contributed by atoms with Crippen LogP contribution < -0.4 is 0 Å². The molecule has 0 aliphatic carbocycles. The SMILES string of the molecule is CCC(C(=O)OC)N(CC1CCN1C(=O)O)C(=O)OCc1ccccc1. The molecular weight excluding hydrogens is 340 g/mol. The molecule has 2 rings (SSSR count). The second kappa shape index (κ2) is 9.07. The first-order chi connectivity index (χ1) is 12.5. The van der Waals surface area contributed by atoms with E-state index in [1.807, 2.05) is 30.3 Å². The average molecular weight is 364 g/mol. The van der Waals surface area contributed by atoms with Crippen LogP contribution in [-0.2, 0) is 20.9 Å². The Morgan fingerprint density at radius 1 is 1.31 bits per heavy atom. The van der Waals surface area contributed by atoms with Crippen molar-refractivity contribution < 1.29 is 29.0 Å². The van der Waals surface area contributed by atoms with Gasteiger partial charge in [-0.15, -0.1) is 0 Å². The molecular formula is C18H24N2O6. The van der Waals surface area contributed by atoms with Gasteiger partial charge < -0.3 is 19.5 Å². The number of amides is 2. The molecule has 26 heavy (non-hydrogen) atoms. The first-order valence-corrected chi connectivity index (χ1v) is 8.52. The van der Waals surface area contributed by atoms with Crippen molar-refractivity contribution in [1.29, 1.82) is 0 Å². The van der Waals surface area contributed by atoms with Crippen molar-refractivity contribution in [2.75, 3.05) is 20.2 Å². The zero-order chi connectivity index (χ0) is 19.1. The molecule has 0 bridgehead atoms. The van der Waals surface area contributed by atoms with Gasteiger partial charge in [0.05, 0.1) is 13.2 Å². The van der Waals surface area contributed by atoms with E-state index in [2.05, 4.69) is 0 Å². The number of carbonyl (C=O) groups is 3. The molecule has 0 radical (unpaired) electrons. The Kier molecular flexibility index (Phi) is 6.82. The second-order valence-electron chi connectivity index (χ2n) is 6.06. The predicted molar refractivity (Wildman–Crippen MR) is 92.6 cm³/mol. The van der Waals surface area contributed by atoms with Crippen LogP contribution >= 0.6 is 0 Å². The lowest BCUT2D eigenvalue weighted by Crippen LogP contribution is -2.59. The molecule has 1 N–H and O–H groups in total. The monoisotopic (exact) mass is 364 g/mol. The maximum Gasteiger partial charge on any atom is 0.410 e. The van der Waals surface area contributed by atoms with Crippen molar-refractivity contribution >= 4 is 18.2 Å². The molecule has 1 aliphatic heterocycles. The molecule has 0 spiro atoms. The molecule has 8 heteroatoms. The smallest absolute Gasteiger partial charge is 0.410 e. The van der Waals surface area contributed by atoms with Crippen LogP contribution in [0.5, 0.6) is 0 Å². The lowest BCUT2D eigenvalue weighted by Gasteiger charge is -2.42. The summed E-state index contributed by atoms with van der Waals surface area (Å²) in [4.78, 5) is 38.4. The van der Waals surface area contributed by atoms with Gasteiger partial charge in [0.15, 0.2) is 0 Å². The van der Waals surface area contributed by atoms with Gasteiger partial charge in [-0.2, -0.15) is 0 Å². The third kappa shape index (κ3) is 4.65. The molecule has 1 saturated heterocycles. The van der Waals surface area contributed by atoms with Crippen molar-refractivity contribution in [3.05, 3.63) is 35.9 Å². The number of carbonyl (C=O) groups excluding carboxylic acids is 2. The number of likely N-dealkylation sites (tertiary alicyclic amines) is 1. The number of carboxylic acid groups (broad SMARTS) is 1. The van der Waals surface area contributed by atoms with Crippen molar-refractivity contribution in [2.24, 2.45) is 0 Å². The summed E-state index contributed by atoms with van der Waals surface area (Å²) in [6, 6.07) is 8.02. The molecule has 142 valence electrons. The van der Waals surface area contributed by atoms with E-state index in [0.29, 0.717) is 19.4 Å². The summed E-state index contributed by atoms with van der Waals surface area (Å²) in [7, 11) is 1.26. The number of hydrogen-bond acceptors (Lipinski definition) is 5. The van der Waals surface area contributed by atoms with E-state index < -0.39 is 24.2 Å². The van der Waals surface area contributed by atoms with E-state index in [-0.39, 0.29) is 19.2 Å². The van der Waals surface area contributed by atoms with Gasteiger partial charge in [-0.3, -0.25) is 4.90 Å². The van der Waals surface area contributed by atoms with Gasteiger partial charge in [-0.25, -0.2) is 14.4 Å². The van der Waals surface area contributed by atoms with Gasteiger partial charge in [0.1, 0.15) is 12.6 Å². The fourth-order valence-electron chi connectivity index (χ4n) is 2.89. The van der Waals surface area contributed by atoms with Crippen molar-refractivity contribution in [1.82, 2.24) is 9.80 Å². The fourth-order valence-corrected chi connectivity index (χ4v) is 2.89. The minimum atomic E-state index is -1.04. The van der Waals surface area contributed by atoms with E-state index in [4.69, 9.17) is 14.6 Å². The molecule has 8 nitrogen and oxygen atoms in total. The van der Waals surface area contributed by atoms with Crippen molar-refractivity contribution in [3.63, 3.8) is 0 Å². The topological polar surface area (TPSA) is 96.4 Å². The largest absolute Gasteiger partial charge is 0.467 e. The Morgan fingerprint density at radius 3 is 2.50 bits per heavy atom. The molecule has 2 unspecified atom stereocenters. The average Bonchev–Trinajstić information content (AvgIpc) is 2.61.